The Hall–Kier alpha value is -2.27. The van der Waals surface area contributed by atoms with Crippen LogP contribution in [0.4, 0.5) is 9.59 Å². The first-order valence-electron chi connectivity index (χ1n) is 8.96. The van der Waals surface area contributed by atoms with E-state index >= 15 is 0 Å². The molecular weight excluding hydrogens is 374 g/mol. The van der Waals surface area contributed by atoms with Crippen molar-refractivity contribution >= 4 is 12.2 Å². The summed E-state index contributed by atoms with van der Waals surface area (Å²) < 4.78 is 25.6. The number of hydrogen-bond acceptors (Lipinski definition) is 8. The lowest BCUT2D eigenvalue weighted by Gasteiger charge is -2.19. The molecule has 0 spiro atoms. The zero-order valence-electron chi connectivity index (χ0n) is 16.8. The van der Waals surface area contributed by atoms with Gasteiger partial charge in [-0.25, -0.2) is 9.59 Å². The average Bonchev–Trinajstić information content (AvgIpc) is 2.61. The minimum absolute atomic E-state index is 0.105. The van der Waals surface area contributed by atoms with E-state index in [1.54, 1.807) is 20.8 Å². The molecule has 12 heteroatoms. The topological polar surface area (TPSA) is 153 Å². The monoisotopic (exact) mass is 405 g/mol. The Bertz CT molecular complexity index is 478. The molecule has 0 saturated heterocycles. The quantitative estimate of drug-likeness (QED) is 0.181. The third-order valence-electron chi connectivity index (χ3n) is 2.66. The fourth-order valence-electron chi connectivity index (χ4n) is 1.58. The van der Waals surface area contributed by atoms with Crippen molar-refractivity contribution in [2.45, 2.75) is 26.4 Å². The lowest BCUT2D eigenvalue weighted by Crippen LogP contribution is -2.34. The molecule has 0 aromatic carbocycles. The van der Waals surface area contributed by atoms with Crippen LogP contribution in [0.3, 0.4) is 0 Å². The van der Waals surface area contributed by atoms with Gasteiger partial charge in [0.25, 0.3) is 0 Å². The number of nitrogens with one attached hydrogen (secondary N) is 2. The van der Waals surface area contributed by atoms with E-state index in [0.717, 1.165) is 0 Å². The number of amides is 2. The predicted octanol–water partition coefficient (Wildman–Crippen LogP) is 1.60. The van der Waals surface area contributed by atoms with Gasteiger partial charge in [0.1, 0.15) is 12.2 Å². The van der Waals surface area contributed by atoms with Crippen molar-refractivity contribution in [1.29, 1.82) is 0 Å². The number of ether oxygens (including phenoxy) is 5. The van der Waals surface area contributed by atoms with Crippen LogP contribution in [0.1, 0.15) is 20.8 Å². The smallest absolute Gasteiger partial charge is 0.407 e. The number of rotatable bonds is 15. The second-order valence-electron chi connectivity index (χ2n) is 6.28. The van der Waals surface area contributed by atoms with Crippen molar-refractivity contribution in [2.24, 2.45) is 5.11 Å². The van der Waals surface area contributed by atoms with Crippen LogP contribution in [-0.2, 0) is 23.7 Å². The molecule has 0 bridgehead atoms. The molecule has 162 valence electrons. The van der Waals surface area contributed by atoms with E-state index in [1.165, 1.54) is 0 Å². The highest BCUT2D eigenvalue weighted by atomic mass is 16.6. The van der Waals surface area contributed by atoms with E-state index < -0.39 is 17.8 Å². The van der Waals surface area contributed by atoms with Crippen LogP contribution in [0.15, 0.2) is 5.11 Å². The van der Waals surface area contributed by atoms with Gasteiger partial charge < -0.3 is 34.3 Å². The summed E-state index contributed by atoms with van der Waals surface area (Å²) >= 11 is 0. The number of carbonyl (C=O) groups is 2. The van der Waals surface area contributed by atoms with Gasteiger partial charge in [-0.15, -0.1) is 0 Å². The van der Waals surface area contributed by atoms with Crippen LogP contribution in [-0.4, -0.2) is 83.7 Å². The molecule has 2 N–H and O–H groups in total. The summed E-state index contributed by atoms with van der Waals surface area (Å²) in [5.74, 6) is 0. The second-order valence-corrected chi connectivity index (χ2v) is 6.28. The van der Waals surface area contributed by atoms with Crippen molar-refractivity contribution in [3.63, 3.8) is 0 Å². The number of alkyl carbamates (subject to hydrolysis) is 2. The minimum atomic E-state index is -0.563. The van der Waals surface area contributed by atoms with Gasteiger partial charge in [-0.1, -0.05) is 5.11 Å². The molecule has 0 aromatic rings. The van der Waals surface area contributed by atoms with Gasteiger partial charge in [-0.05, 0) is 26.3 Å². The largest absolute Gasteiger partial charge is 0.447 e. The Morgan fingerprint density at radius 3 is 1.96 bits per heavy atom. The molecule has 0 unspecified atom stereocenters. The Labute approximate surface area is 164 Å². The first kappa shape index (κ1) is 25.7. The molecule has 0 aliphatic carbocycles. The molecule has 0 aliphatic heterocycles. The zero-order valence-corrected chi connectivity index (χ0v) is 16.8. The van der Waals surface area contributed by atoms with Gasteiger partial charge in [-0.3, -0.25) is 0 Å². The van der Waals surface area contributed by atoms with Crippen LogP contribution in [0.25, 0.3) is 10.4 Å². The Morgan fingerprint density at radius 1 is 0.857 bits per heavy atom. The maximum Gasteiger partial charge on any atom is 0.407 e. The average molecular weight is 405 g/mol. The van der Waals surface area contributed by atoms with Crippen LogP contribution in [0, 0.1) is 0 Å². The molecule has 0 aliphatic rings. The number of azide groups is 1. The lowest BCUT2D eigenvalue weighted by molar-refractivity contribution is 0.0395. The van der Waals surface area contributed by atoms with Crippen LogP contribution >= 0.6 is 0 Å². The fourth-order valence-corrected chi connectivity index (χ4v) is 1.58. The third-order valence-corrected chi connectivity index (χ3v) is 2.66. The molecule has 0 rings (SSSR count). The van der Waals surface area contributed by atoms with Gasteiger partial charge in [-0.2, -0.15) is 0 Å². The van der Waals surface area contributed by atoms with Crippen molar-refractivity contribution in [2.75, 3.05) is 65.9 Å². The van der Waals surface area contributed by atoms with E-state index in [2.05, 4.69) is 20.7 Å². The SMILES string of the molecule is CC(C)(C)OC(=O)NCCOCCOCCNC(=O)OCCOCCN=[N+]=[N-]. The van der Waals surface area contributed by atoms with Crippen molar-refractivity contribution in [3.8, 4) is 0 Å². The molecule has 0 saturated carbocycles. The summed E-state index contributed by atoms with van der Waals surface area (Å²) in [6, 6.07) is 0. The van der Waals surface area contributed by atoms with Gasteiger partial charge >= 0.3 is 12.2 Å². The molecule has 28 heavy (non-hydrogen) atoms. The Morgan fingerprint density at radius 2 is 1.39 bits per heavy atom. The third kappa shape index (κ3) is 20.0. The van der Waals surface area contributed by atoms with E-state index in [9.17, 15) is 9.59 Å². The molecular formula is C16H31N5O7. The summed E-state index contributed by atoms with van der Waals surface area (Å²) in [5, 5.41) is 8.41. The Kier molecular flexibility index (Phi) is 15.5. The maximum absolute atomic E-state index is 11.4. The van der Waals surface area contributed by atoms with Gasteiger partial charge in [0.15, 0.2) is 0 Å². The first-order valence-corrected chi connectivity index (χ1v) is 8.96. The minimum Gasteiger partial charge on any atom is -0.447 e. The van der Waals surface area contributed by atoms with E-state index in [0.29, 0.717) is 39.5 Å². The standard InChI is InChI=1S/C16H31N5O7/c1-16(2,3)28-15(23)19-5-8-25-11-10-24-7-4-18-14(22)27-13-12-26-9-6-20-21-17/h4-13H2,1-3H3,(H,18,22)(H,19,23). The van der Waals surface area contributed by atoms with E-state index in [-0.39, 0.29) is 26.4 Å². The van der Waals surface area contributed by atoms with E-state index in [4.69, 9.17) is 29.2 Å². The fraction of sp³-hybridized carbons (Fsp3) is 0.875. The summed E-state index contributed by atoms with van der Waals surface area (Å²) in [4.78, 5) is 25.3. The molecule has 0 radical (unpaired) electrons. The molecule has 12 nitrogen and oxygen atoms in total. The van der Waals surface area contributed by atoms with E-state index in [1.807, 2.05) is 0 Å². The van der Waals surface area contributed by atoms with Crippen molar-refractivity contribution < 1.29 is 33.3 Å². The molecule has 0 fully saturated rings. The van der Waals surface area contributed by atoms with Crippen molar-refractivity contribution in [3.05, 3.63) is 10.4 Å². The highest BCUT2D eigenvalue weighted by Crippen LogP contribution is 2.05. The maximum atomic E-state index is 11.4. The zero-order chi connectivity index (χ0) is 21.1. The summed E-state index contributed by atoms with van der Waals surface area (Å²) in [5.41, 5.74) is 7.54. The predicted molar refractivity (Wildman–Crippen MR) is 100 cm³/mol. The molecule has 0 heterocycles. The second kappa shape index (κ2) is 16.9. The summed E-state index contributed by atoms with van der Waals surface area (Å²) in [6.45, 7) is 8.27. The summed E-state index contributed by atoms with van der Waals surface area (Å²) in [6.07, 6.45) is -1.04. The van der Waals surface area contributed by atoms with Crippen molar-refractivity contribution in [1.82, 2.24) is 10.6 Å². The van der Waals surface area contributed by atoms with Gasteiger partial charge in [0.05, 0.1) is 39.6 Å². The molecule has 0 atom stereocenters. The number of nitrogens with zero attached hydrogens (tertiary/aromatic N) is 3. The lowest BCUT2D eigenvalue weighted by atomic mass is 10.2. The highest BCUT2D eigenvalue weighted by Gasteiger charge is 2.15. The summed E-state index contributed by atoms with van der Waals surface area (Å²) in [7, 11) is 0. The van der Waals surface area contributed by atoms with Gasteiger partial charge in [0, 0.05) is 24.5 Å². The number of carbonyl (C=O) groups excluding carboxylic acids is 2. The normalized spacial score (nSPS) is 10.7. The molecule has 0 aromatic heterocycles. The van der Waals surface area contributed by atoms with Gasteiger partial charge in [0.2, 0.25) is 0 Å². The number of hydrogen-bond donors (Lipinski definition) is 2. The van der Waals surface area contributed by atoms with Crippen LogP contribution in [0.2, 0.25) is 0 Å². The van der Waals surface area contributed by atoms with Crippen LogP contribution in [0.5, 0.6) is 0 Å². The highest BCUT2D eigenvalue weighted by molar-refractivity contribution is 5.67. The van der Waals surface area contributed by atoms with Crippen LogP contribution < -0.4 is 10.6 Å². The molecule has 2 amide bonds. The first-order chi connectivity index (χ1) is 13.3. The Balaban J connectivity index is 3.31.